The van der Waals surface area contributed by atoms with Gasteiger partial charge in [-0.1, -0.05) is 13.8 Å². The minimum absolute atomic E-state index is 0.178. The van der Waals surface area contributed by atoms with E-state index in [-0.39, 0.29) is 17.6 Å². The van der Waals surface area contributed by atoms with E-state index in [2.05, 4.69) is 23.8 Å². The highest BCUT2D eigenvalue weighted by Gasteiger charge is 2.13. The van der Waals surface area contributed by atoms with Crippen molar-refractivity contribution in [2.75, 3.05) is 5.73 Å². The Hall–Kier alpha value is -2.61. The van der Waals surface area contributed by atoms with Gasteiger partial charge in [0.15, 0.2) is 0 Å². The molecule has 0 atom stereocenters. The normalized spacial score (nSPS) is 10.5. The fourth-order valence-corrected chi connectivity index (χ4v) is 2.00. The van der Waals surface area contributed by atoms with Crippen molar-refractivity contribution >= 4 is 5.69 Å². The van der Waals surface area contributed by atoms with E-state index in [1.165, 1.54) is 0 Å². The van der Waals surface area contributed by atoms with Crippen molar-refractivity contribution in [2.45, 2.75) is 33.6 Å². The van der Waals surface area contributed by atoms with Crippen LogP contribution < -0.4 is 10.5 Å². The molecular formula is C16H18N4O. The van der Waals surface area contributed by atoms with E-state index in [0.717, 1.165) is 16.8 Å². The molecule has 0 fully saturated rings. The molecule has 0 saturated carbocycles. The van der Waals surface area contributed by atoms with Crippen molar-refractivity contribution in [2.24, 2.45) is 0 Å². The third-order valence-electron chi connectivity index (χ3n) is 3.17. The third kappa shape index (κ3) is 3.29. The van der Waals surface area contributed by atoms with E-state index in [1.54, 1.807) is 13.0 Å². The van der Waals surface area contributed by atoms with Crippen LogP contribution in [0, 0.1) is 25.2 Å². The first-order valence-corrected chi connectivity index (χ1v) is 6.74. The Morgan fingerprint density at radius 3 is 2.52 bits per heavy atom. The van der Waals surface area contributed by atoms with Gasteiger partial charge in [0.2, 0.25) is 0 Å². The van der Waals surface area contributed by atoms with Gasteiger partial charge in [0.1, 0.15) is 17.5 Å². The molecule has 2 N–H and O–H groups in total. The highest BCUT2D eigenvalue weighted by molar-refractivity contribution is 5.55. The first-order valence-electron chi connectivity index (χ1n) is 6.74. The SMILES string of the molecule is Cc1cc(C#N)nc(Oc2cc(C)c(N)cc2C(C)C)n1. The highest BCUT2D eigenvalue weighted by atomic mass is 16.5. The van der Waals surface area contributed by atoms with Crippen LogP contribution in [0.15, 0.2) is 18.2 Å². The van der Waals surface area contributed by atoms with E-state index in [1.807, 2.05) is 25.1 Å². The molecule has 21 heavy (non-hydrogen) atoms. The van der Waals surface area contributed by atoms with Gasteiger partial charge in [0, 0.05) is 11.4 Å². The minimum Gasteiger partial charge on any atom is -0.424 e. The standard InChI is InChI=1S/C16H18N4O/c1-9(2)13-7-14(18)10(3)5-15(13)21-16-19-11(4)6-12(8-17)20-16/h5-7,9H,18H2,1-4H3. The van der Waals surface area contributed by atoms with Crippen molar-refractivity contribution in [3.05, 3.63) is 40.7 Å². The van der Waals surface area contributed by atoms with Gasteiger partial charge in [-0.25, -0.2) is 4.98 Å². The fraction of sp³-hybridized carbons (Fsp3) is 0.312. The van der Waals surface area contributed by atoms with Crippen LogP contribution in [0.1, 0.15) is 42.3 Å². The molecule has 0 bridgehead atoms. The molecule has 108 valence electrons. The van der Waals surface area contributed by atoms with Crippen molar-refractivity contribution < 1.29 is 4.74 Å². The summed E-state index contributed by atoms with van der Waals surface area (Å²) in [5.74, 6) is 0.925. The Morgan fingerprint density at radius 1 is 1.19 bits per heavy atom. The van der Waals surface area contributed by atoms with Crippen LogP contribution in [0.5, 0.6) is 11.8 Å². The molecule has 0 radical (unpaired) electrons. The molecule has 5 heteroatoms. The van der Waals surface area contributed by atoms with Gasteiger partial charge >= 0.3 is 6.01 Å². The van der Waals surface area contributed by atoms with Crippen LogP contribution in [0.4, 0.5) is 5.69 Å². The van der Waals surface area contributed by atoms with Gasteiger partial charge in [-0.3, -0.25) is 0 Å². The zero-order valence-electron chi connectivity index (χ0n) is 12.6. The number of rotatable bonds is 3. The number of nitrogens with zero attached hydrogens (tertiary/aromatic N) is 3. The van der Waals surface area contributed by atoms with Gasteiger partial charge in [-0.05, 0) is 49.1 Å². The summed E-state index contributed by atoms with van der Waals surface area (Å²) in [6.07, 6.45) is 0. The molecular weight excluding hydrogens is 264 g/mol. The molecule has 0 amide bonds. The number of nitriles is 1. The number of ether oxygens (including phenoxy) is 1. The molecule has 1 aromatic heterocycles. The van der Waals surface area contributed by atoms with Crippen molar-refractivity contribution in [3.8, 4) is 17.8 Å². The maximum atomic E-state index is 8.96. The predicted octanol–water partition coefficient (Wildman–Crippen LogP) is 3.46. The maximum absolute atomic E-state index is 8.96. The van der Waals surface area contributed by atoms with E-state index >= 15 is 0 Å². The Morgan fingerprint density at radius 2 is 1.90 bits per heavy atom. The molecule has 1 aromatic carbocycles. The molecule has 2 rings (SSSR count). The Labute approximate surface area is 124 Å². The number of benzene rings is 1. The van der Waals surface area contributed by atoms with Crippen molar-refractivity contribution in [1.29, 1.82) is 5.26 Å². The molecule has 5 nitrogen and oxygen atoms in total. The highest BCUT2D eigenvalue weighted by Crippen LogP contribution is 2.33. The second kappa shape index (κ2) is 5.80. The van der Waals surface area contributed by atoms with Gasteiger partial charge in [-0.15, -0.1) is 0 Å². The quantitative estimate of drug-likeness (QED) is 0.871. The predicted molar refractivity (Wildman–Crippen MR) is 81.2 cm³/mol. The molecule has 2 aromatic rings. The first-order chi connectivity index (χ1) is 9.90. The lowest BCUT2D eigenvalue weighted by Crippen LogP contribution is -2.02. The Balaban J connectivity index is 2.46. The molecule has 0 aliphatic carbocycles. The van der Waals surface area contributed by atoms with Crippen LogP contribution in [0.2, 0.25) is 0 Å². The van der Waals surface area contributed by atoms with Crippen LogP contribution in [-0.2, 0) is 0 Å². The molecule has 0 saturated heterocycles. The number of anilines is 1. The molecule has 0 aliphatic heterocycles. The van der Waals surface area contributed by atoms with Crippen molar-refractivity contribution in [3.63, 3.8) is 0 Å². The average Bonchev–Trinajstić information content (AvgIpc) is 2.41. The smallest absolute Gasteiger partial charge is 0.323 e. The van der Waals surface area contributed by atoms with Crippen LogP contribution in [0.25, 0.3) is 0 Å². The van der Waals surface area contributed by atoms with Gasteiger partial charge in [0.05, 0.1) is 0 Å². The largest absolute Gasteiger partial charge is 0.424 e. The van der Waals surface area contributed by atoms with Gasteiger partial charge in [-0.2, -0.15) is 10.2 Å². The summed E-state index contributed by atoms with van der Waals surface area (Å²) in [6, 6.07) is 7.59. The lowest BCUT2D eigenvalue weighted by atomic mass is 9.99. The number of aromatic nitrogens is 2. The van der Waals surface area contributed by atoms with Crippen LogP contribution in [-0.4, -0.2) is 9.97 Å². The summed E-state index contributed by atoms with van der Waals surface area (Å²) in [7, 11) is 0. The molecule has 1 heterocycles. The van der Waals surface area contributed by atoms with E-state index in [4.69, 9.17) is 15.7 Å². The number of nitrogen functional groups attached to an aromatic ring is 1. The molecule has 0 spiro atoms. The zero-order chi connectivity index (χ0) is 15.6. The zero-order valence-corrected chi connectivity index (χ0v) is 12.6. The maximum Gasteiger partial charge on any atom is 0.323 e. The topological polar surface area (TPSA) is 84.8 Å². The number of hydrogen-bond donors (Lipinski definition) is 1. The van der Waals surface area contributed by atoms with Crippen LogP contribution in [0.3, 0.4) is 0 Å². The average molecular weight is 282 g/mol. The molecule has 0 unspecified atom stereocenters. The van der Waals surface area contributed by atoms with Crippen molar-refractivity contribution in [1.82, 2.24) is 9.97 Å². The second-order valence-corrected chi connectivity index (χ2v) is 5.29. The number of aryl methyl sites for hydroxylation is 2. The lowest BCUT2D eigenvalue weighted by Gasteiger charge is -2.15. The van der Waals surface area contributed by atoms with E-state index < -0.39 is 0 Å². The van der Waals surface area contributed by atoms with Crippen LogP contribution >= 0.6 is 0 Å². The Kier molecular flexibility index (Phi) is 4.08. The summed E-state index contributed by atoms with van der Waals surface area (Å²) in [6.45, 7) is 7.85. The summed E-state index contributed by atoms with van der Waals surface area (Å²) in [5, 5.41) is 8.96. The van der Waals surface area contributed by atoms with Gasteiger partial charge < -0.3 is 10.5 Å². The fourth-order valence-electron chi connectivity index (χ4n) is 2.00. The summed E-state index contributed by atoms with van der Waals surface area (Å²) < 4.78 is 5.80. The lowest BCUT2D eigenvalue weighted by molar-refractivity contribution is 0.432. The van der Waals surface area contributed by atoms with E-state index in [9.17, 15) is 0 Å². The number of nitrogens with two attached hydrogens (primary N) is 1. The summed E-state index contributed by atoms with van der Waals surface area (Å²) in [4.78, 5) is 8.29. The third-order valence-corrected chi connectivity index (χ3v) is 3.17. The minimum atomic E-state index is 0.178. The molecule has 0 aliphatic rings. The van der Waals surface area contributed by atoms with Gasteiger partial charge in [0.25, 0.3) is 0 Å². The first kappa shape index (κ1) is 14.8. The van der Waals surface area contributed by atoms with E-state index in [0.29, 0.717) is 11.4 Å². The second-order valence-electron chi connectivity index (χ2n) is 5.29. The Bertz CT molecular complexity index is 717. The summed E-state index contributed by atoms with van der Waals surface area (Å²) in [5.41, 5.74) is 9.59. The summed E-state index contributed by atoms with van der Waals surface area (Å²) >= 11 is 0. The monoisotopic (exact) mass is 282 g/mol. The number of hydrogen-bond acceptors (Lipinski definition) is 5.